The van der Waals surface area contributed by atoms with Gasteiger partial charge in [0.2, 0.25) is 82.2 Å². The number of nitrogens with one attached hydrogen (secondary N) is 12. The zero-order chi connectivity index (χ0) is 84.8. The number of aromatic hydroxyl groups is 1. The van der Waals surface area contributed by atoms with Crippen LogP contribution in [0.25, 0.3) is 10.9 Å². The number of nitrogens with two attached hydrogens (primary N) is 2. The number of hydrogen-bond donors (Lipinski definition) is 16. The highest BCUT2D eigenvalue weighted by molar-refractivity contribution is 6.41. The summed E-state index contributed by atoms with van der Waals surface area (Å²) in [6.07, 6.45) is 6.61. The average Bonchev–Trinajstić information content (AvgIpc) is 1.65. The lowest BCUT2D eigenvalue weighted by Crippen LogP contribution is -2.62. The minimum atomic E-state index is -1.78. The van der Waals surface area contributed by atoms with Gasteiger partial charge in [0.15, 0.2) is 5.78 Å². The lowest BCUT2D eigenvalue weighted by atomic mass is 9.79. The number of carboxylic acid groups (broad SMARTS) is 1. The molecule has 10 amide bonds. The second kappa shape index (κ2) is 44.7. The lowest BCUT2D eigenvalue weighted by Gasteiger charge is -2.33. The molecule has 0 saturated heterocycles. The third kappa shape index (κ3) is 30.9. The van der Waals surface area contributed by atoms with Crippen molar-refractivity contribution < 1.29 is 91.7 Å². The number of phenols is 1. The van der Waals surface area contributed by atoms with Crippen molar-refractivity contribution in [3.8, 4) is 5.75 Å². The molecule has 622 valence electrons. The van der Waals surface area contributed by atoms with E-state index in [4.69, 9.17) is 11.5 Å². The van der Waals surface area contributed by atoms with Crippen molar-refractivity contribution in [2.24, 2.45) is 34.6 Å². The number of benzene rings is 2. The fourth-order valence-corrected chi connectivity index (χ4v) is 12.8. The maximum absolute atomic E-state index is 15.0. The molecule has 113 heavy (non-hydrogen) atoms. The number of ketones is 6. The van der Waals surface area contributed by atoms with Gasteiger partial charge in [-0.25, -0.2) is 10.9 Å². The first-order valence-electron chi connectivity index (χ1n) is 38.6. The summed E-state index contributed by atoms with van der Waals surface area (Å²) in [6, 6.07) is -0.607. The van der Waals surface area contributed by atoms with E-state index in [0.717, 1.165) is 0 Å². The van der Waals surface area contributed by atoms with E-state index in [0.29, 0.717) is 67.0 Å². The van der Waals surface area contributed by atoms with Gasteiger partial charge in [-0.1, -0.05) is 89.4 Å². The summed E-state index contributed by atoms with van der Waals surface area (Å²) in [6.45, 7) is 18.6. The lowest BCUT2D eigenvalue weighted by molar-refractivity contribution is -0.140. The first-order chi connectivity index (χ1) is 52.9. The SMILES string of the molecule is CC(=O)C[C@]1(C)CCCCCC/C=C/CCC[C@@](C)(C(=O)N[C@@H](C)C(=O)NC(C)C(=O)N[C@@H](C)C(=O)C(=O)[C@H](C)NNC(C)(C)C(=O)C[C@H](C)C(N)=O)NC(=O)[C@H](CC(C)C)CN[C@@H](CCC(N)=O)C(=O)C(=O)C(C)NC(=O)[C@H](Cc2c[nH]c3ccccc23)NC(=O)C(Cc2ccc(O)cc2)NC(=O)[C@H](CCC(=O)O)NC1=O. The monoisotopic (exact) mass is 1580 g/mol. The molecule has 0 spiro atoms. The first-order valence-corrected chi connectivity index (χ1v) is 38.6. The van der Waals surface area contributed by atoms with Crippen LogP contribution in [0, 0.1) is 23.2 Å². The van der Waals surface area contributed by atoms with Gasteiger partial charge in [0.05, 0.1) is 41.0 Å². The van der Waals surface area contributed by atoms with Gasteiger partial charge in [0, 0.05) is 68.1 Å². The molecule has 2 aromatic carbocycles. The van der Waals surface area contributed by atoms with Gasteiger partial charge < -0.3 is 74.5 Å². The highest BCUT2D eigenvalue weighted by Gasteiger charge is 2.42. The summed E-state index contributed by atoms with van der Waals surface area (Å²) in [5.74, 6) is -17.0. The van der Waals surface area contributed by atoms with Gasteiger partial charge >= 0.3 is 5.97 Å². The largest absolute Gasteiger partial charge is 0.508 e. The minimum Gasteiger partial charge on any atom is -0.508 e. The number of hydrogen-bond acceptors (Lipinski definition) is 21. The maximum Gasteiger partial charge on any atom is 0.303 e. The van der Waals surface area contributed by atoms with Crippen LogP contribution in [0.5, 0.6) is 5.75 Å². The maximum atomic E-state index is 15.0. The highest BCUT2D eigenvalue weighted by Crippen LogP contribution is 2.31. The van der Waals surface area contributed by atoms with E-state index in [1.807, 2.05) is 26.0 Å². The molecule has 13 atom stereocenters. The number of Topliss-reactive ketones (excluding diaryl/α,β-unsaturated/α-hetero) is 6. The molecule has 1 aliphatic heterocycles. The van der Waals surface area contributed by atoms with Gasteiger partial charge in [-0.3, -0.25) is 81.5 Å². The molecular weight excluding hydrogens is 1460 g/mol. The molecule has 0 aliphatic carbocycles. The Hall–Kier alpha value is -10.4. The number of H-pyrrole nitrogens is 1. The van der Waals surface area contributed by atoms with Crippen molar-refractivity contribution in [3.63, 3.8) is 0 Å². The number of para-hydroxylation sites is 1. The predicted octanol–water partition coefficient (Wildman–Crippen LogP) is 2.44. The number of aromatic amines is 1. The zero-order valence-electron chi connectivity index (χ0n) is 67.2. The molecule has 33 heteroatoms. The molecular formula is C80H118N14O19. The molecule has 0 saturated carbocycles. The van der Waals surface area contributed by atoms with Crippen molar-refractivity contribution in [1.29, 1.82) is 0 Å². The van der Waals surface area contributed by atoms with E-state index in [1.54, 1.807) is 37.4 Å². The van der Waals surface area contributed by atoms with Gasteiger partial charge in [0.25, 0.3) is 0 Å². The second-order valence-corrected chi connectivity index (χ2v) is 31.3. The van der Waals surface area contributed by atoms with Crippen LogP contribution >= 0.6 is 0 Å². The third-order valence-corrected chi connectivity index (χ3v) is 20.0. The first kappa shape index (κ1) is 95.0. The van der Waals surface area contributed by atoms with Gasteiger partial charge in [-0.05, 0) is 155 Å². The van der Waals surface area contributed by atoms with Crippen LogP contribution in [0.1, 0.15) is 204 Å². The summed E-state index contributed by atoms with van der Waals surface area (Å²) < 4.78 is 0. The molecule has 1 aliphatic rings. The molecule has 2 heterocycles. The van der Waals surface area contributed by atoms with Crippen molar-refractivity contribution >= 4 is 111 Å². The van der Waals surface area contributed by atoms with E-state index in [9.17, 15) is 91.7 Å². The van der Waals surface area contributed by atoms with Crippen molar-refractivity contribution in [3.05, 3.63) is 78.0 Å². The molecule has 18 N–H and O–H groups in total. The fourth-order valence-electron chi connectivity index (χ4n) is 12.8. The topological polar surface area (TPSA) is 531 Å². The quantitative estimate of drug-likeness (QED) is 0.0259. The van der Waals surface area contributed by atoms with E-state index >= 15 is 0 Å². The number of aliphatic carboxylic acids is 1. The number of allylic oxidation sites excluding steroid dienone is 2. The van der Waals surface area contributed by atoms with Gasteiger partial charge in [-0.2, -0.15) is 0 Å². The molecule has 0 bridgehead atoms. The normalized spacial score (nSPS) is 23.2. The van der Waals surface area contributed by atoms with E-state index in [2.05, 4.69) is 63.7 Å². The fraction of sp³-hybridized carbons (Fsp3) is 0.588. The Labute approximate surface area is 659 Å². The minimum absolute atomic E-state index is 0.0209. The number of primary amides is 2. The van der Waals surface area contributed by atoms with Crippen LogP contribution in [0.4, 0.5) is 0 Å². The Kier molecular flexibility index (Phi) is 37.6. The second-order valence-electron chi connectivity index (χ2n) is 31.3. The predicted molar refractivity (Wildman–Crippen MR) is 419 cm³/mol. The van der Waals surface area contributed by atoms with Crippen LogP contribution in [0.3, 0.4) is 0 Å². The summed E-state index contributed by atoms with van der Waals surface area (Å²) in [5, 5.41) is 44.7. The smallest absolute Gasteiger partial charge is 0.303 e. The van der Waals surface area contributed by atoms with E-state index < -0.39 is 196 Å². The van der Waals surface area contributed by atoms with Crippen molar-refractivity contribution in [2.75, 3.05) is 6.54 Å². The Morgan fingerprint density at radius 2 is 1.19 bits per heavy atom. The molecule has 3 aromatic rings. The van der Waals surface area contributed by atoms with Crippen LogP contribution in [-0.2, 0) is 94.3 Å². The number of carbonyl (C=O) groups excluding carboxylic acids is 16. The van der Waals surface area contributed by atoms with Crippen LogP contribution in [0.2, 0.25) is 0 Å². The molecule has 4 rings (SSSR count). The van der Waals surface area contributed by atoms with Crippen molar-refractivity contribution in [1.82, 2.24) is 63.7 Å². The van der Waals surface area contributed by atoms with E-state index in [1.165, 1.54) is 93.5 Å². The Morgan fingerprint density at radius 3 is 1.81 bits per heavy atom. The number of carboxylic acids is 1. The average molecular weight is 1580 g/mol. The van der Waals surface area contributed by atoms with Gasteiger partial charge in [-0.15, -0.1) is 0 Å². The summed E-state index contributed by atoms with van der Waals surface area (Å²) in [5.41, 5.74) is 13.3. The number of carbonyl (C=O) groups is 17. The number of hydrazine groups is 1. The number of rotatable bonds is 30. The number of amides is 10. The van der Waals surface area contributed by atoms with Crippen LogP contribution < -0.4 is 70.2 Å². The summed E-state index contributed by atoms with van der Waals surface area (Å²) in [4.78, 5) is 236. The van der Waals surface area contributed by atoms with E-state index in [-0.39, 0.29) is 75.4 Å². The number of aromatic nitrogens is 1. The Morgan fingerprint density at radius 1 is 0.628 bits per heavy atom. The molecule has 33 nitrogen and oxygen atoms in total. The standard InChI is InChI=1S/C80H118N14O19/c1-44(2)37-54-43-84-58(31-33-63(81)98)68(104)66(102)48(6)86-74(110)61(40-53-42-83-57-26-22-21-25-56(53)57)90-75(111)60(39-52-27-29-55(96)30-28-52)89-73(109)59(32-34-64(99)100)91-76(112)79(12,41-46(4)95)35-23-19-17-15-14-16-18-20-24-36-80(13,92-72(54)108)77(113)88-51(9)71(107)87-50(8)70(106)85-47(5)65(101)67(103)49(7)93-94-78(10,11)62(97)38-45(3)69(82)105/h16,18,21-22,25-30,42,44-45,47-51,54,58-61,83-84,93-94,96H,14-15,17,19-20,23-24,31-41,43H2,1-13H3,(H2,81,98)(H2,82,105)(H,85,106)(H,86,110)(H,87,107)(H,88,113)(H,89,109)(H,90,111)(H,91,112)(H,92,108)(H,99,100)/b18-16+/t45-,47-,48?,49-,50?,51-,54+,58-,59-,60?,61-,79-,80-/m0/s1. The summed E-state index contributed by atoms with van der Waals surface area (Å²) >= 11 is 0. The van der Waals surface area contributed by atoms with Gasteiger partial charge in [0.1, 0.15) is 47.3 Å². The van der Waals surface area contributed by atoms with Crippen LogP contribution in [0.15, 0.2) is 66.9 Å². The number of fused-ring (bicyclic) bond motifs is 1. The molecule has 0 fully saturated rings. The molecule has 1 aromatic heterocycles. The molecule has 0 radical (unpaired) electrons. The summed E-state index contributed by atoms with van der Waals surface area (Å²) in [7, 11) is 0. The Bertz CT molecular complexity index is 3950. The van der Waals surface area contributed by atoms with Crippen molar-refractivity contribution in [2.45, 2.75) is 271 Å². The zero-order valence-corrected chi connectivity index (χ0v) is 67.2. The Balaban J connectivity index is 1.71. The number of phenolic OH excluding ortho intramolecular Hbond substituents is 1. The molecule has 3 unspecified atom stereocenters. The van der Waals surface area contributed by atoms with Crippen LogP contribution in [-0.4, -0.2) is 187 Å². The highest BCUT2D eigenvalue weighted by atomic mass is 16.4. The third-order valence-electron chi connectivity index (χ3n) is 20.0.